The van der Waals surface area contributed by atoms with Crippen LogP contribution in [0, 0.1) is 17.6 Å². The first-order chi connectivity index (χ1) is 12.3. The fourth-order valence-corrected chi connectivity index (χ4v) is 3.64. The minimum atomic E-state index is -0.835. The van der Waals surface area contributed by atoms with Crippen molar-refractivity contribution >= 4 is 11.9 Å². The largest absolute Gasteiger partial charge is 0.481 e. The van der Waals surface area contributed by atoms with E-state index in [1.165, 1.54) is 11.0 Å². The summed E-state index contributed by atoms with van der Waals surface area (Å²) in [6.07, 6.45) is 1.80. The van der Waals surface area contributed by atoms with Crippen molar-refractivity contribution in [1.82, 2.24) is 14.7 Å². The molecular weight excluding hydrogens is 344 g/mol. The first-order valence-corrected chi connectivity index (χ1v) is 8.68. The Morgan fingerprint density at radius 3 is 2.65 bits per heavy atom. The van der Waals surface area contributed by atoms with Crippen molar-refractivity contribution in [3.05, 3.63) is 29.8 Å². The number of ether oxygens (including phenoxy) is 1. The van der Waals surface area contributed by atoms with Crippen LogP contribution < -0.4 is 4.74 Å². The number of rotatable bonds is 3. The van der Waals surface area contributed by atoms with Crippen LogP contribution in [0.25, 0.3) is 0 Å². The Labute approximate surface area is 151 Å². The van der Waals surface area contributed by atoms with Gasteiger partial charge in [-0.25, -0.2) is 13.6 Å². The molecule has 0 unspecified atom stereocenters. The van der Waals surface area contributed by atoms with Crippen molar-refractivity contribution < 1.29 is 23.1 Å². The minimum Gasteiger partial charge on any atom is -0.481 e. The molecule has 0 spiro atoms. The Hall–Kier alpha value is -2.38. The molecule has 3 heterocycles. The predicted octanol–water partition coefficient (Wildman–Crippen LogP) is 1.95. The van der Waals surface area contributed by atoms with Crippen LogP contribution in [0.3, 0.4) is 0 Å². The topological polar surface area (TPSA) is 53.1 Å². The lowest BCUT2D eigenvalue weighted by atomic mass is 9.95. The quantitative estimate of drug-likeness (QED) is 0.821. The van der Waals surface area contributed by atoms with Crippen LogP contribution >= 0.6 is 0 Å². The number of carbonyl (C=O) groups is 2. The number of amides is 3. The van der Waals surface area contributed by atoms with Gasteiger partial charge in [0.05, 0.1) is 0 Å². The Morgan fingerprint density at radius 2 is 1.96 bits per heavy atom. The second kappa shape index (κ2) is 7.47. The van der Waals surface area contributed by atoms with Gasteiger partial charge in [-0.2, -0.15) is 0 Å². The lowest BCUT2D eigenvalue weighted by Crippen LogP contribution is -2.49. The molecule has 142 valence electrons. The van der Waals surface area contributed by atoms with Gasteiger partial charge in [-0.15, -0.1) is 0 Å². The van der Waals surface area contributed by atoms with E-state index in [2.05, 4.69) is 0 Å². The molecule has 3 saturated heterocycles. The highest BCUT2D eigenvalue weighted by Gasteiger charge is 2.39. The van der Waals surface area contributed by atoms with Crippen LogP contribution in [0.1, 0.15) is 12.8 Å². The maximum Gasteiger partial charge on any atom is 0.319 e. The second-order valence-corrected chi connectivity index (χ2v) is 7.09. The normalized spacial score (nSPS) is 22.2. The number of piperidine rings is 1. The number of hydrogen-bond acceptors (Lipinski definition) is 3. The minimum absolute atomic E-state index is 0.0548. The van der Waals surface area contributed by atoms with Crippen LogP contribution in [-0.2, 0) is 4.79 Å². The average Bonchev–Trinajstić information content (AvgIpc) is 2.91. The SMILES string of the molecule is CN(C)C(=O)N1C[C@H]2CC[C@@H](C1)N(C(=O)COc1ccc(F)cc1F)C2. The van der Waals surface area contributed by atoms with Crippen molar-refractivity contribution in [1.29, 1.82) is 0 Å². The van der Waals surface area contributed by atoms with E-state index in [4.69, 9.17) is 4.74 Å². The van der Waals surface area contributed by atoms with E-state index in [1.807, 2.05) is 0 Å². The Bertz CT molecular complexity index is 698. The van der Waals surface area contributed by atoms with Gasteiger partial charge in [-0.05, 0) is 30.9 Å². The van der Waals surface area contributed by atoms with Gasteiger partial charge in [0.1, 0.15) is 5.82 Å². The average molecular weight is 367 g/mol. The van der Waals surface area contributed by atoms with Gasteiger partial charge in [0.25, 0.3) is 5.91 Å². The molecule has 0 saturated carbocycles. The summed E-state index contributed by atoms with van der Waals surface area (Å²) in [7, 11) is 3.42. The Balaban J connectivity index is 1.64. The van der Waals surface area contributed by atoms with Crippen LogP contribution in [0.15, 0.2) is 18.2 Å². The van der Waals surface area contributed by atoms with Crippen molar-refractivity contribution in [3.63, 3.8) is 0 Å². The third-order valence-corrected chi connectivity index (χ3v) is 4.93. The van der Waals surface area contributed by atoms with E-state index in [9.17, 15) is 18.4 Å². The smallest absolute Gasteiger partial charge is 0.319 e. The summed E-state index contributed by atoms with van der Waals surface area (Å²) in [5, 5.41) is 0. The third-order valence-electron chi connectivity index (χ3n) is 4.93. The van der Waals surface area contributed by atoms with Gasteiger partial charge in [-0.1, -0.05) is 0 Å². The van der Waals surface area contributed by atoms with E-state index < -0.39 is 11.6 Å². The van der Waals surface area contributed by atoms with E-state index in [1.54, 1.807) is 23.9 Å². The zero-order valence-electron chi connectivity index (χ0n) is 15.0. The van der Waals surface area contributed by atoms with Crippen LogP contribution in [0.4, 0.5) is 13.6 Å². The highest BCUT2D eigenvalue weighted by atomic mass is 19.1. The molecule has 0 aromatic heterocycles. The molecular formula is C18H23F2N3O3. The van der Waals surface area contributed by atoms with Gasteiger partial charge in [0.15, 0.2) is 18.2 Å². The fraction of sp³-hybridized carbons (Fsp3) is 0.556. The summed E-state index contributed by atoms with van der Waals surface area (Å²) < 4.78 is 31.8. The molecule has 0 aliphatic carbocycles. The molecule has 3 fully saturated rings. The van der Waals surface area contributed by atoms with Crippen molar-refractivity contribution in [2.24, 2.45) is 5.92 Å². The van der Waals surface area contributed by atoms with E-state index in [0.717, 1.165) is 25.0 Å². The van der Waals surface area contributed by atoms with Gasteiger partial charge in [-0.3, -0.25) is 4.79 Å². The molecule has 3 aliphatic rings. The molecule has 2 bridgehead atoms. The number of hydrogen-bond donors (Lipinski definition) is 0. The van der Waals surface area contributed by atoms with Crippen molar-refractivity contribution in [2.45, 2.75) is 18.9 Å². The van der Waals surface area contributed by atoms with Crippen LogP contribution in [0.2, 0.25) is 0 Å². The molecule has 1 aromatic carbocycles. The fourth-order valence-electron chi connectivity index (χ4n) is 3.64. The molecule has 26 heavy (non-hydrogen) atoms. The third kappa shape index (κ3) is 3.89. The van der Waals surface area contributed by atoms with E-state index in [0.29, 0.717) is 19.6 Å². The molecule has 8 heteroatoms. The predicted molar refractivity (Wildman–Crippen MR) is 90.7 cm³/mol. The first kappa shape index (κ1) is 18.4. The monoisotopic (exact) mass is 367 g/mol. The second-order valence-electron chi connectivity index (χ2n) is 7.09. The van der Waals surface area contributed by atoms with Crippen LogP contribution in [-0.4, -0.2) is 73.0 Å². The molecule has 2 atom stereocenters. The number of fused-ring (bicyclic) bond motifs is 4. The van der Waals surface area contributed by atoms with Gasteiger partial charge in [0.2, 0.25) is 0 Å². The van der Waals surface area contributed by atoms with Crippen molar-refractivity contribution in [3.8, 4) is 5.75 Å². The first-order valence-electron chi connectivity index (χ1n) is 8.68. The summed E-state index contributed by atoms with van der Waals surface area (Å²) >= 11 is 0. The standard InChI is InChI=1S/C18H23F2N3O3/c1-21(2)18(25)22-8-12-3-5-14(10-22)23(9-12)17(24)11-26-16-6-4-13(19)7-15(16)20/h4,6-7,12,14H,3,5,8-11H2,1-2H3/t12-,14+/m1/s1. The maximum atomic E-state index is 13.6. The molecule has 6 nitrogen and oxygen atoms in total. The van der Waals surface area contributed by atoms with E-state index in [-0.39, 0.29) is 36.3 Å². The number of nitrogens with zero attached hydrogens (tertiary/aromatic N) is 3. The van der Waals surface area contributed by atoms with Crippen molar-refractivity contribution in [2.75, 3.05) is 40.3 Å². The van der Waals surface area contributed by atoms with Crippen LogP contribution in [0.5, 0.6) is 5.75 Å². The lowest BCUT2D eigenvalue weighted by Gasteiger charge is -2.36. The molecule has 0 N–H and O–H groups in total. The highest BCUT2D eigenvalue weighted by molar-refractivity contribution is 5.79. The molecule has 4 rings (SSSR count). The molecule has 0 radical (unpaired) electrons. The maximum absolute atomic E-state index is 13.6. The number of carbonyl (C=O) groups excluding carboxylic acids is 2. The number of benzene rings is 1. The van der Waals surface area contributed by atoms with Gasteiger partial charge in [0, 0.05) is 45.8 Å². The Morgan fingerprint density at radius 1 is 1.19 bits per heavy atom. The summed E-state index contributed by atoms with van der Waals surface area (Å²) in [6.45, 7) is 1.37. The summed E-state index contributed by atoms with van der Waals surface area (Å²) in [6, 6.07) is 2.86. The van der Waals surface area contributed by atoms with Gasteiger partial charge >= 0.3 is 6.03 Å². The number of urea groups is 1. The zero-order chi connectivity index (χ0) is 18.8. The van der Waals surface area contributed by atoms with E-state index >= 15 is 0 Å². The number of halogens is 2. The summed E-state index contributed by atoms with van der Waals surface area (Å²) in [4.78, 5) is 29.9. The Kier molecular flexibility index (Phi) is 5.29. The molecule has 3 amide bonds. The lowest BCUT2D eigenvalue weighted by molar-refractivity contribution is -0.137. The van der Waals surface area contributed by atoms with Gasteiger partial charge < -0.3 is 19.4 Å². The zero-order valence-corrected chi connectivity index (χ0v) is 15.0. The highest BCUT2D eigenvalue weighted by Crippen LogP contribution is 2.28. The molecule has 1 aromatic rings. The molecule has 3 aliphatic heterocycles. The summed E-state index contributed by atoms with van der Waals surface area (Å²) in [5.41, 5.74) is 0. The summed E-state index contributed by atoms with van der Waals surface area (Å²) in [5.74, 6) is -1.70.